The van der Waals surface area contributed by atoms with Crippen molar-refractivity contribution in [2.45, 2.75) is 0 Å². The molecule has 0 unspecified atom stereocenters. The standard InChI is InChI=1S/C15H9F2N5OS/c1-22-11(5-8(6-18)21-22)15-19-7-12(24-15)20-14(23)13-9(16)3-2-4-10(13)17/h2-5,7H,1H3,(H,20,23). The maximum atomic E-state index is 13.6. The molecular formula is C15H9F2N5OS. The number of thiazole rings is 1. The van der Waals surface area contributed by atoms with Crippen molar-refractivity contribution in [1.82, 2.24) is 14.8 Å². The van der Waals surface area contributed by atoms with Crippen molar-refractivity contribution < 1.29 is 13.6 Å². The van der Waals surface area contributed by atoms with Gasteiger partial charge < -0.3 is 5.32 Å². The first-order chi connectivity index (χ1) is 11.5. The van der Waals surface area contributed by atoms with E-state index in [0.717, 1.165) is 23.5 Å². The predicted molar refractivity (Wildman–Crippen MR) is 83.3 cm³/mol. The third-order valence-electron chi connectivity index (χ3n) is 3.15. The lowest BCUT2D eigenvalue weighted by molar-refractivity contribution is 0.101. The lowest BCUT2D eigenvalue weighted by Gasteiger charge is -2.04. The highest BCUT2D eigenvalue weighted by Gasteiger charge is 2.19. The Bertz CT molecular complexity index is 952. The summed E-state index contributed by atoms with van der Waals surface area (Å²) >= 11 is 1.10. The van der Waals surface area contributed by atoms with Crippen molar-refractivity contribution in [1.29, 1.82) is 5.26 Å². The van der Waals surface area contributed by atoms with Crippen LogP contribution in [0.1, 0.15) is 16.1 Å². The predicted octanol–water partition coefficient (Wildman–Crippen LogP) is 2.95. The molecule has 3 aromatic rings. The van der Waals surface area contributed by atoms with Gasteiger partial charge in [0.25, 0.3) is 5.91 Å². The Morgan fingerprint density at radius 3 is 2.71 bits per heavy atom. The molecule has 2 aromatic heterocycles. The fraction of sp³-hybridized carbons (Fsp3) is 0.0667. The number of halogens is 2. The van der Waals surface area contributed by atoms with Gasteiger partial charge in [-0.05, 0) is 12.1 Å². The maximum Gasteiger partial charge on any atom is 0.262 e. The molecule has 0 aliphatic heterocycles. The van der Waals surface area contributed by atoms with Gasteiger partial charge in [-0.2, -0.15) is 10.4 Å². The Morgan fingerprint density at radius 1 is 1.38 bits per heavy atom. The van der Waals surface area contributed by atoms with Gasteiger partial charge in [0.1, 0.15) is 33.3 Å². The van der Waals surface area contributed by atoms with Crippen molar-refractivity contribution in [2.24, 2.45) is 7.05 Å². The minimum absolute atomic E-state index is 0.238. The molecule has 24 heavy (non-hydrogen) atoms. The second-order valence-electron chi connectivity index (χ2n) is 4.73. The van der Waals surface area contributed by atoms with E-state index < -0.39 is 23.1 Å². The number of nitrogens with one attached hydrogen (secondary N) is 1. The highest BCUT2D eigenvalue weighted by atomic mass is 32.1. The number of aromatic nitrogens is 3. The average Bonchev–Trinajstić information content (AvgIpc) is 3.13. The maximum absolute atomic E-state index is 13.6. The summed E-state index contributed by atoms with van der Waals surface area (Å²) in [6.45, 7) is 0. The molecule has 0 aliphatic rings. The molecule has 0 saturated carbocycles. The van der Waals surface area contributed by atoms with Crippen LogP contribution in [0.5, 0.6) is 0 Å². The minimum atomic E-state index is -0.942. The first kappa shape index (κ1) is 15.8. The van der Waals surface area contributed by atoms with Crippen molar-refractivity contribution in [3.05, 3.63) is 53.4 Å². The molecule has 0 bridgehead atoms. The summed E-state index contributed by atoms with van der Waals surface area (Å²) in [7, 11) is 1.66. The molecule has 3 rings (SSSR count). The third kappa shape index (κ3) is 2.87. The highest BCUT2D eigenvalue weighted by molar-refractivity contribution is 7.19. The van der Waals surface area contributed by atoms with Gasteiger partial charge in [-0.1, -0.05) is 17.4 Å². The van der Waals surface area contributed by atoms with Gasteiger partial charge in [-0.25, -0.2) is 13.8 Å². The summed E-state index contributed by atoms with van der Waals surface area (Å²) in [5.41, 5.74) is 0.176. The zero-order valence-corrected chi connectivity index (χ0v) is 13.1. The second-order valence-corrected chi connectivity index (χ2v) is 5.76. The number of rotatable bonds is 3. The molecule has 9 heteroatoms. The Kier molecular flexibility index (Phi) is 4.05. The number of hydrogen-bond acceptors (Lipinski definition) is 5. The van der Waals surface area contributed by atoms with Crippen LogP contribution >= 0.6 is 11.3 Å². The van der Waals surface area contributed by atoms with Crippen molar-refractivity contribution in [3.8, 4) is 16.8 Å². The van der Waals surface area contributed by atoms with Crippen LogP contribution in [-0.4, -0.2) is 20.7 Å². The smallest absolute Gasteiger partial charge is 0.262 e. The van der Waals surface area contributed by atoms with E-state index >= 15 is 0 Å². The van der Waals surface area contributed by atoms with E-state index in [2.05, 4.69) is 15.4 Å². The van der Waals surface area contributed by atoms with E-state index in [1.54, 1.807) is 13.1 Å². The molecule has 6 nitrogen and oxygen atoms in total. The molecular weight excluding hydrogens is 336 g/mol. The molecule has 0 spiro atoms. The van der Waals surface area contributed by atoms with Crippen LogP contribution in [0.2, 0.25) is 0 Å². The van der Waals surface area contributed by atoms with Crippen LogP contribution in [0.25, 0.3) is 10.7 Å². The Labute approximate surface area is 139 Å². The lowest BCUT2D eigenvalue weighted by atomic mass is 10.2. The van der Waals surface area contributed by atoms with Crippen molar-refractivity contribution in [3.63, 3.8) is 0 Å². The van der Waals surface area contributed by atoms with Gasteiger partial charge in [-0.15, -0.1) is 0 Å². The lowest BCUT2D eigenvalue weighted by Crippen LogP contribution is -2.15. The van der Waals surface area contributed by atoms with Crippen LogP contribution in [0.3, 0.4) is 0 Å². The Hall–Kier alpha value is -3.12. The van der Waals surface area contributed by atoms with Crippen LogP contribution < -0.4 is 5.32 Å². The average molecular weight is 345 g/mol. The number of benzene rings is 1. The van der Waals surface area contributed by atoms with Gasteiger partial charge in [0.05, 0.1) is 11.9 Å². The van der Waals surface area contributed by atoms with Gasteiger partial charge in [-0.3, -0.25) is 9.48 Å². The Morgan fingerprint density at radius 2 is 2.08 bits per heavy atom. The minimum Gasteiger partial charge on any atom is -0.312 e. The molecule has 0 saturated heterocycles. The topological polar surface area (TPSA) is 83.6 Å². The summed E-state index contributed by atoms with van der Waals surface area (Å²) in [4.78, 5) is 16.2. The third-order valence-corrected chi connectivity index (χ3v) is 4.08. The number of carbonyl (C=O) groups is 1. The molecule has 2 heterocycles. The summed E-state index contributed by atoms with van der Waals surface area (Å²) in [6.07, 6.45) is 1.37. The fourth-order valence-electron chi connectivity index (χ4n) is 2.06. The Balaban J connectivity index is 1.85. The summed E-state index contributed by atoms with van der Waals surface area (Å²) in [6, 6.07) is 6.68. The van der Waals surface area contributed by atoms with Crippen LogP contribution in [-0.2, 0) is 7.05 Å². The second kappa shape index (κ2) is 6.17. The van der Waals surface area contributed by atoms with Crippen LogP contribution in [0.4, 0.5) is 13.8 Å². The normalized spacial score (nSPS) is 10.4. The quantitative estimate of drug-likeness (QED) is 0.791. The van der Waals surface area contributed by atoms with E-state index in [9.17, 15) is 13.6 Å². The summed E-state index contributed by atoms with van der Waals surface area (Å²) in [5, 5.41) is 16.1. The van der Waals surface area contributed by atoms with Crippen molar-refractivity contribution in [2.75, 3.05) is 5.32 Å². The molecule has 0 aliphatic carbocycles. The van der Waals surface area contributed by atoms with E-state index in [4.69, 9.17) is 5.26 Å². The summed E-state index contributed by atoms with van der Waals surface area (Å²) in [5.74, 6) is -2.78. The number of anilines is 1. The van der Waals surface area contributed by atoms with Crippen molar-refractivity contribution >= 4 is 22.2 Å². The number of nitriles is 1. The molecule has 1 N–H and O–H groups in total. The molecule has 0 radical (unpaired) electrons. The fourth-order valence-corrected chi connectivity index (χ4v) is 2.92. The number of aryl methyl sites for hydroxylation is 1. The highest BCUT2D eigenvalue weighted by Crippen LogP contribution is 2.29. The zero-order valence-electron chi connectivity index (χ0n) is 12.2. The number of amides is 1. The number of carbonyl (C=O) groups excluding carboxylic acids is 1. The van der Waals surface area contributed by atoms with E-state index in [1.165, 1.54) is 16.9 Å². The first-order valence-electron chi connectivity index (χ1n) is 6.65. The van der Waals surface area contributed by atoms with Crippen LogP contribution in [0.15, 0.2) is 30.5 Å². The van der Waals surface area contributed by atoms with E-state index in [-0.39, 0.29) is 5.69 Å². The molecule has 120 valence electrons. The van der Waals surface area contributed by atoms with E-state index in [0.29, 0.717) is 15.7 Å². The molecule has 1 amide bonds. The SMILES string of the molecule is Cn1nc(C#N)cc1-c1ncc(NC(=O)c2c(F)cccc2F)s1. The molecule has 0 atom stereocenters. The number of nitrogens with zero attached hydrogens (tertiary/aromatic N) is 4. The number of hydrogen-bond donors (Lipinski definition) is 1. The first-order valence-corrected chi connectivity index (χ1v) is 7.47. The molecule has 0 fully saturated rings. The monoisotopic (exact) mass is 345 g/mol. The van der Waals surface area contributed by atoms with Gasteiger partial charge >= 0.3 is 0 Å². The van der Waals surface area contributed by atoms with Gasteiger partial charge in [0, 0.05) is 13.1 Å². The largest absolute Gasteiger partial charge is 0.312 e. The molecule has 1 aromatic carbocycles. The van der Waals surface area contributed by atoms with Crippen LogP contribution in [0, 0.1) is 23.0 Å². The zero-order chi connectivity index (χ0) is 17.3. The van der Waals surface area contributed by atoms with E-state index in [1.807, 2.05) is 6.07 Å². The van der Waals surface area contributed by atoms with Gasteiger partial charge in [0.2, 0.25) is 0 Å². The summed E-state index contributed by atoms with van der Waals surface area (Å²) < 4.78 is 28.7. The van der Waals surface area contributed by atoms with Gasteiger partial charge in [0.15, 0.2) is 5.69 Å².